The summed E-state index contributed by atoms with van der Waals surface area (Å²) >= 11 is 8.15. The fraction of sp³-hybridized carbons (Fsp3) is 0.143. The van der Waals surface area contributed by atoms with E-state index in [2.05, 4.69) is 46.9 Å². The van der Waals surface area contributed by atoms with Gasteiger partial charge in [-0.1, -0.05) is 35.9 Å². The van der Waals surface area contributed by atoms with Crippen LogP contribution < -0.4 is 5.73 Å². The van der Waals surface area contributed by atoms with Gasteiger partial charge in [-0.15, -0.1) is 0 Å². The molecule has 2 aromatic carbocycles. The number of hydrogen-bond donors (Lipinski definition) is 1. The lowest BCUT2D eigenvalue weighted by atomic mass is 10.00. The lowest BCUT2D eigenvalue weighted by Gasteiger charge is -2.12. The van der Waals surface area contributed by atoms with Crippen molar-refractivity contribution < 1.29 is 0 Å². The van der Waals surface area contributed by atoms with Crippen molar-refractivity contribution in [2.45, 2.75) is 12.5 Å². The Morgan fingerprint density at radius 3 is 2.18 bits per heavy atom. The summed E-state index contributed by atoms with van der Waals surface area (Å²) in [4.78, 5) is 0. The van der Waals surface area contributed by atoms with E-state index in [4.69, 9.17) is 17.3 Å². The van der Waals surface area contributed by atoms with E-state index in [1.807, 2.05) is 24.3 Å². The van der Waals surface area contributed by atoms with Gasteiger partial charge >= 0.3 is 0 Å². The minimum Gasteiger partial charge on any atom is -0.324 e. The Bertz CT molecular complexity index is 479. The van der Waals surface area contributed by atoms with Crippen LogP contribution in [-0.2, 0) is 6.42 Å². The highest BCUT2D eigenvalue weighted by atomic mass is 127. The van der Waals surface area contributed by atoms with Crippen LogP contribution in [0.3, 0.4) is 0 Å². The van der Waals surface area contributed by atoms with E-state index < -0.39 is 0 Å². The van der Waals surface area contributed by atoms with Gasteiger partial charge in [-0.25, -0.2) is 0 Å². The summed E-state index contributed by atoms with van der Waals surface area (Å²) in [7, 11) is 0. The third-order valence-corrected chi connectivity index (χ3v) is 3.64. The average molecular weight is 358 g/mol. The third kappa shape index (κ3) is 3.69. The van der Waals surface area contributed by atoms with Gasteiger partial charge in [-0.3, -0.25) is 0 Å². The Labute approximate surface area is 120 Å². The van der Waals surface area contributed by atoms with Gasteiger partial charge in [0.25, 0.3) is 0 Å². The molecule has 0 bridgehead atoms. The van der Waals surface area contributed by atoms with E-state index in [1.54, 1.807) is 0 Å². The molecule has 2 aromatic rings. The van der Waals surface area contributed by atoms with Crippen LogP contribution in [0.15, 0.2) is 48.5 Å². The van der Waals surface area contributed by atoms with Gasteiger partial charge in [0.2, 0.25) is 0 Å². The smallest absolute Gasteiger partial charge is 0.0406 e. The van der Waals surface area contributed by atoms with Crippen molar-refractivity contribution in [3.8, 4) is 0 Å². The van der Waals surface area contributed by atoms with Crippen molar-refractivity contribution in [3.05, 3.63) is 68.3 Å². The fourth-order valence-electron chi connectivity index (χ4n) is 1.70. The van der Waals surface area contributed by atoms with Crippen LogP contribution in [0.25, 0.3) is 0 Å². The van der Waals surface area contributed by atoms with Crippen LogP contribution in [-0.4, -0.2) is 0 Å². The molecule has 17 heavy (non-hydrogen) atoms. The Morgan fingerprint density at radius 1 is 1.00 bits per heavy atom. The first-order chi connectivity index (χ1) is 8.15. The second kappa shape index (κ2) is 5.85. The highest BCUT2D eigenvalue weighted by molar-refractivity contribution is 14.1. The molecule has 1 unspecified atom stereocenters. The second-order valence-corrected chi connectivity index (χ2v) is 5.67. The van der Waals surface area contributed by atoms with E-state index >= 15 is 0 Å². The van der Waals surface area contributed by atoms with Gasteiger partial charge in [0, 0.05) is 14.6 Å². The molecule has 2 N–H and O–H groups in total. The van der Waals surface area contributed by atoms with Gasteiger partial charge in [0.15, 0.2) is 0 Å². The van der Waals surface area contributed by atoms with Crippen LogP contribution in [0.2, 0.25) is 5.02 Å². The number of nitrogens with two attached hydrogens (primary N) is 1. The predicted octanol–water partition coefficient (Wildman–Crippen LogP) is 4.19. The molecule has 0 aliphatic carbocycles. The molecular weight excluding hydrogens is 345 g/mol. The first-order valence-corrected chi connectivity index (χ1v) is 6.86. The summed E-state index contributed by atoms with van der Waals surface area (Å²) < 4.78 is 1.24. The maximum Gasteiger partial charge on any atom is 0.0406 e. The average Bonchev–Trinajstić information content (AvgIpc) is 2.33. The molecule has 0 fully saturated rings. The third-order valence-electron chi connectivity index (χ3n) is 2.67. The highest BCUT2D eigenvalue weighted by Gasteiger charge is 2.06. The Hall–Kier alpha value is -0.580. The number of benzene rings is 2. The minimum absolute atomic E-state index is 0.0207. The van der Waals surface area contributed by atoms with Crippen LogP contribution in [0, 0.1) is 3.57 Å². The van der Waals surface area contributed by atoms with Gasteiger partial charge in [-0.2, -0.15) is 0 Å². The van der Waals surface area contributed by atoms with Gasteiger partial charge in [-0.05, 0) is 64.4 Å². The fourth-order valence-corrected chi connectivity index (χ4v) is 2.19. The van der Waals surface area contributed by atoms with E-state index in [0.717, 1.165) is 17.0 Å². The van der Waals surface area contributed by atoms with Crippen LogP contribution in [0.4, 0.5) is 0 Å². The van der Waals surface area contributed by atoms with Crippen molar-refractivity contribution in [3.63, 3.8) is 0 Å². The van der Waals surface area contributed by atoms with Crippen molar-refractivity contribution in [2.24, 2.45) is 5.73 Å². The van der Waals surface area contributed by atoms with Crippen LogP contribution in [0.1, 0.15) is 17.2 Å². The molecule has 0 aliphatic heterocycles. The van der Waals surface area contributed by atoms with Crippen molar-refractivity contribution >= 4 is 34.2 Å². The normalized spacial score (nSPS) is 12.4. The summed E-state index contributed by atoms with van der Waals surface area (Å²) in [5, 5.41) is 0.746. The van der Waals surface area contributed by atoms with Gasteiger partial charge in [0.05, 0.1) is 0 Å². The molecule has 0 saturated heterocycles. The Balaban J connectivity index is 2.08. The molecule has 88 valence electrons. The van der Waals surface area contributed by atoms with E-state index in [1.165, 1.54) is 9.13 Å². The van der Waals surface area contributed by atoms with Crippen molar-refractivity contribution in [1.29, 1.82) is 0 Å². The minimum atomic E-state index is 0.0207. The largest absolute Gasteiger partial charge is 0.324 e. The topological polar surface area (TPSA) is 26.0 Å². The summed E-state index contributed by atoms with van der Waals surface area (Å²) in [6.07, 6.45) is 0.846. The van der Waals surface area contributed by atoms with Crippen molar-refractivity contribution in [1.82, 2.24) is 0 Å². The maximum atomic E-state index is 6.17. The lowest BCUT2D eigenvalue weighted by Crippen LogP contribution is -2.13. The van der Waals surface area contributed by atoms with Crippen LogP contribution >= 0.6 is 34.2 Å². The molecule has 0 aromatic heterocycles. The first-order valence-electron chi connectivity index (χ1n) is 5.40. The molecule has 2 rings (SSSR count). The zero-order valence-electron chi connectivity index (χ0n) is 9.24. The number of rotatable bonds is 3. The van der Waals surface area contributed by atoms with Gasteiger partial charge < -0.3 is 5.73 Å². The molecular formula is C14H13ClIN. The zero-order chi connectivity index (χ0) is 12.3. The zero-order valence-corrected chi connectivity index (χ0v) is 12.1. The summed E-state index contributed by atoms with van der Waals surface area (Å²) in [6.45, 7) is 0. The van der Waals surface area contributed by atoms with E-state index in [9.17, 15) is 0 Å². The molecule has 0 saturated carbocycles. The molecule has 1 nitrogen and oxygen atoms in total. The van der Waals surface area contributed by atoms with E-state index in [0.29, 0.717) is 0 Å². The molecule has 3 heteroatoms. The molecule has 0 heterocycles. The van der Waals surface area contributed by atoms with Gasteiger partial charge in [0.1, 0.15) is 0 Å². The molecule has 0 aliphatic rings. The summed E-state index contributed by atoms with van der Waals surface area (Å²) in [5.41, 5.74) is 8.55. The predicted molar refractivity (Wildman–Crippen MR) is 81.2 cm³/mol. The molecule has 0 spiro atoms. The molecule has 0 amide bonds. The van der Waals surface area contributed by atoms with E-state index in [-0.39, 0.29) is 6.04 Å². The first kappa shape index (κ1) is 12.9. The Kier molecular flexibility index (Phi) is 4.42. The van der Waals surface area contributed by atoms with Crippen LogP contribution in [0.5, 0.6) is 0 Å². The maximum absolute atomic E-state index is 6.17. The molecule has 1 atom stereocenters. The number of hydrogen-bond acceptors (Lipinski definition) is 1. The standard InChI is InChI=1S/C14H13ClIN/c15-12-5-3-11(4-6-12)14(17)9-10-1-7-13(16)8-2-10/h1-8,14H,9,17H2. The SMILES string of the molecule is NC(Cc1ccc(I)cc1)c1ccc(Cl)cc1. The molecule has 0 radical (unpaired) electrons. The lowest BCUT2D eigenvalue weighted by molar-refractivity contribution is 0.722. The second-order valence-electron chi connectivity index (χ2n) is 3.99. The quantitative estimate of drug-likeness (QED) is 0.819. The summed E-state index contributed by atoms with van der Waals surface area (Å²) in [6, 6.07) is 16.2. The summed E-state index contributed by atoms with van der Waals surface area (Å²) in [5.74, 6) is 0. The van der Waals surface area contributed by atoms with Crippen molar-refractivity contribution in [2.75, 3.05) is 0 Å². The Morgan fingerprint density at radius 2 is 1.59 bits per heavy atom. The number of halogens is 2. The monoisotopic (exact) mass is 357 g/mol. The highest BCUT2D eigenvalue weighted by Crippen LogP contribution is 2.19.